The molecule has 0 radical (unpaired) electrons. The number of aliphatic hydroxyl groups is 1. The summed E-state index contributed by atoms with van der Waals surface area (Å²) in [5.41, 5.74) is -2.60. The van der Waals surface area contributed by atoms with Crippen molar-refractivity contribution >= 4 is 49.6 Å². The van der Waals surface area contributed by atoms with Crippen molar-refractivity contribution in [2.45, 2.75) is 16.0 Å². The van der Waals surface area contributed by atoms with E-state index in [9.17, 15) is 46.5 Å². The molecule has 3 aromatic rings. The number of nitrogens with one attached hydrogen (secondary N) is 1. The van der Waals surface area contributed by atoms with Crippen molar-refractivity contribution in [3.05, 3.63) is 87.9 Å². The Morgan fingerprint density at radius 1 is 0.854 bits per heavy atom. The van der Waals surface area contributed by atoms with E-state index < -0.39 is 65.2 Å². The predicted octanol–water partition coefficient (Wildman–Crippen LogP) is 0.576. The molecule has 1 aliphatic heterocycles. The van der Waals surface area contributed by atoms with Crippen LogP contribution in [-0.4, -0.2) is 74.9 Å². The van der Waals surface area contributed by atoms with E-state index in [4.69, 9.17) is 9.11 Å². The lowest BCUT2D eigenvalue weighted by molar-refractivity contribution is -0.129. The van der Waals surface area contributed by atoms with Gasteiger partial charge in [0, 0.05) is 5.57 Å². The third kappa shape index (κ3) is 5.85. The van der Waals surface area contributed by atoms with Crippen molar-refractivity contribution in [2.75, 3.05) is 5.01 Å². The maximum Gasteiger partial charge on any atom is 0.356 e. The number of anilines is 1. The number of carboxylic acids is 2. The van der Waals surface area contributed by atoms with E-state index in [1.54, 1.807) is 0 Å². The number of aliphatic carboxylic acids is 1. The standard InChI is InChI=1S/C23H18N4O12S2/c28-20-16(18(22(30)31)24-26(20)12-4-8-14(9-5-12)40(34,35)36)2-1-3-17-19(23(32)33)25-27(21(17)29)13-6-10-15(11-7-13)41(37,38)39/h1-11,20,25,28H,(H,30,31)(H,32,33)(H,34,35,36)(H,37,38,39)/b3-1+,16-2-. The van der Waals surface area contributed by atoms with Crippen LogP contribution in [0.15, 0.2) is 85.9 Å². The highest BCUT2D eigenvalue weighted by Gasteiger charge is 2.35. The molecule has 2 aromatic carbocycles. The van der Waals surface area contributed by atoms with Crippen molar-refractivity contribution < 1.29 is 50.8 Å². The Kier molecular flexibility index (Phi) is 7.52. The summed E-state index contributed by atoms with van der Waals surface area (Å²) in [4.78, 5) is 35.6. The van der Waals surface area contributed by atoms with Gasteiger partial charge >= 0.3 is 11.9 Å². The normalized spacial score (nSPS) is 16.9. The average Bonchev–Trinajstić information content (AvgIpc) is 3.40. The largest absolute Gasteiger partial charge is 0.477 e. The molecule has 0 saturated carbocycles. The molecule has 214 valence electrons. The topological polar surface area (TPSA) is 257 Å². The fourth-order valence-corrected chi connectivity index (χ4v) is 4.70. The van der Waals surface area contributed by atoms with Gasteiger partial charge in [-0.05, 0) is 54.6 Å². The fraction of sp³-hybridized carbons (Fsp3) is 0.0435. The van der Waals surface area contributed by atoms with Gasteiger partial charge in [-0.25, -0.2) is 19.3 Å². The minimum Gasteiger partial charge on any atom is -0.477 e. The van der Waals surface area contributed by atoms with Crippen LogP contribution in [0.1, 0.15) is 16.1 Å². The summed E-state index contributed by atoms with van der Waals surface area (Å²) in [5, 5.41) is 36.9. The number of allylic oxidation sites excluding steroid dienone is 2. The minimum absolute atomic E-state index is 0.0325. The molecule has 41 heavy (non-hydrogen) atoms. The second-order valence-corrected chi connectivity index (χ2v) is 11.1. The van der Waals surface area contributed by atoms with E-state index in [1.165, 1.54) is 0 Å². The number of aromatic amines is 1. The van der Waals surface area contributed by atoms with Gasteiger partial charge in [-0.15, -0.1) is 0 Å². The van der Waals surface area contributed by atoms with Crippen LogP contribution in [0.4, 0.5) is 5.69 Å². The van der Waals surface area contributed by atoms with Gasteiger partial charge in [0.05, 0.1) is 26.7 Å². The van der Waals surface area contributed by atoms with Crippen LogP contribution in [0.2, 0.25) is 0 Å². The van der Waals surface area contributed by atoms with Crippen LogP contribution >= 0.6 is 0 Å². The molecule has 18 heteroatoms. The first-order valence-corrected chi connectivity index (χ1v) is 13.9. The zero-order valence-electron chi connectivity index (χ0n) is 20.2. The van der Waals surface area contributed by atoms with E-state index in [1.807, 2.05) is 0 Å². The average molecular weight is 607 g/mol. The maximum absolute atomic E-state index is 13.0. The molecule has 0 saturated heterocycles. The van der Waals surface area contributed by atoms with Crippen LogP contribution in [0.3, 0.4) is 0 Å². The zero-order chi connectivity index (χ0) is 30.3. The lowest BCUT2D eigenvalue weighted by Crippen LogP contribution is -2.28. The number of aromatic nitrogens is 2. The number of benzene rings is 2. The van der Waals surface area contributed by atoms with E-state index >= 15 is 0 Å². The van der Waals surface area contributed by atoms with Crippen molar-refractivity contribution in [3.8, 4) is 5.69 Å². The molecule has 6 N–H and O–H groups in total. The number of hydrogen-bond donors (Lipinski definition) is 6. The molecule has 1 aromatic heterocycles. The predicted molar refractivity (Wildman–Crippen MR) is 140 cm³/mol. The Bertz CT molecular complexity index is 1920. The van der Waals surface area contributed by atoms with Crippen LogP contribution in [-0.2, 0) is 25.0 Å². The Labute approximate surface area is 229 Å². The third-order valence-corrected chi connectivity index (χ3v) is 7.40. The summed E-state index contributed by atoms with van der Waals surface area (Å²) in [6.45, 7) is 0. The van der Waals surface area contributed by atoms with Gasteiger partial charge in [0.25, 0.3) is 25.8 Å². The van der Waals surface area contributed by atoms with Gasteiger partial charge in [0.15, 0.2) is 17.6 Å². The molecule has 0 bridgehead atoms. The summed E-state index contributed by atoms with van der Waals surface area (Å²) in [6, 6.07) is 8.62. The van der Waals surface area contributed by atoms with Gasteiger partial charge in [-0.2, -0.15) is 21.9 Å². The van der Waals surface area contributed by atoms with Crippen LogP contribution < -0.4 is 10.6 Å². The molecule has 1 unspecified atom stereocenters. The third-order valence-electron chi connectivity index (χ3n) is 5.66. The monoisotopic (exact) mass is 606 g/mol. The smallest absolute Gasteiger partial charge is 0.356 e. The second kappa shape index (κ2) is 10.6. The number of rotatable bonds is 8. The van der Waals surface area contributed by atoms with Crippen molar-refractivity contribution in [2.24, 2.45) is 5.10 Å². The molecule has 1 atom stereocenters. The molecule has 4 rings (SSSR count). The number of carbonyl (C=O) groups is 2. The van der Waals surface area contributed by atoms with Gasteiger partial charge in [-0.3, -0.25) is 19.0 Å². The number of hydrazone groups is 1. The zero-order valence-corrected chi connectivity index (χ0v) is 21.8. The van der Waals surface area contributed by atoms with E-state index in [0.717, 1.165) is 76.4 Å². The summed E-state index contributed by atoms with van der Waals surface area (Å²) >= 11 is 0. The first-order chi connectivity index (χ1) is 19.1. The summed E-state index contributed by atoms with van der Waals surface area (Å²) in [6.07, 6.45) is 1.53. The first kappa shape index (κ1) is 29.1. The van der Waals surface area contributed by atoms with E-state index in [2.05, 4.69) is 10.2 Å². The fourth-order valence-electron chi connectivity index (χ4n) is 3.74. The van der Waals surface area contributed by atoms with Crippen LogP contribution in [0.5, 0.6) is 0 Å². The minimum atomic E-state index is -4.51. The highest BCUT2D eigenvalue weighted by molar-refractivity contribution is 7.86. The molecule has 2 heterocycles. The first-order valence-electron chi connectivity index (χ1n) is 11.0. The SMILES string of the molecule is O=C(O)C1=NN(c2ccc(S(=O)(=O)O)cc2)C(O)/C1=C\C=C\c1c(C(=O)O)[nH]n(-c2ccc(S(=O)(=O)O)cc2)c1=O. The highest BCUT2D eigenvalue weighted by atomic mass is 32.2. The number of aromatic carboxylic acids is 1. The lowest BCUT2D eigenvalue weighted by atomic mass is 10.1. The van der Waals surface area contributed by atoms with Gasteiger partial charge in [-0.1, -0.05) is 12.2 Å². The van der Waals surface area contributed by atoms with Crippen LogP contribution in [0.25, 0.3) is 11.8 Å². The van der Waals surface area contributed by atoms with Crippen molar-refractivity contribution in [3.63, 3.8) is 0 Å². The Hall–Kier alpha value is -4.88. The quantitative estimate of drug-likeness (QED) is 0.192. The lowest BCUT2D eigenvalue weighted by Gasteiger charge is -2.19. The Balaban J connectivity index is 1.69. The maximum atomic E-state index is 13.0. The van der Waals surface area contributed by atoms with Crippen LogP contribution in [0, 0.1) is 0 Å². The molecule has 0 amide bonds. The number of H-pyrrole nitrogens is 1. The number of nitrogens with zero attached hydrogens (tertiary/aromatic N) is 3. The summed E-state index contributed by atoms with van der Waals surface area (Å²) in [7, 11) is -9.02. The van der Waals surface area contributed by atoms with Crippen molar-refractivity contribution in [1.29, 1.82) is 0 Å². The molecule has 0 fully saturated rings. The van der Waals surface area contributed by atoms with E-state index in [0.29, 0.717) is 0 Å². The van der Waals surface area contributed by atoms with Gasteiger partial charge in [0.2, 0.25) is 0 Å². The molecule has 16 nitrogen and oxygen atoms in total. The Morgan fingerprint density at radius 2 is 1.37 bits per heavy atom. The van der Waals surface area contributed by atoms with Gasteiger partial charge in [0.1, 0.15) is 0 Å². The molecular weight excluding hydrogens is 588 g/mol. The Morgan fingerprint density at radius 3 is 1.83 bits per heavy atom. The van der Waals surface area contributed by atoms with E-state index in [-0.39, 0.29) is 22.5 Å². The number of hydrogen-bond acceptors (Lipinski definition) is 10. The highest BCUT2D eigenvalue weighted by Crippen LogP contribution is 2.28. The molecule has 0 spiro atoms. The second-order valence-electron chi connectivity index (χ2n) is 8.24. The molecule has 0 aliphatic carbocycles. The summed E-state index contributed by atoms with van der Waals surface area (Å²) < 4.78 is 64.0. The molecule has 1 aliphatic rings. The number of aliphatic hydroxyl groups excluding tert-OH is 1. The number of carboxylic acid groups (broad SMARTS) is 2. The van der Waals surface area contributed by atoms with Crippen molar-refractivity contribution in [1.82, 2.24) is 9.78 Å². The summed E-state index contributed by atoms with van der Waals surface area (Å²) in [5.74, 6) is -3.07. The van der Waals surface area contributed by atoms with Gasteiger partial charge < -0.3 is 15.3 Å². The molecular formula is C23H18N4O12S2.